The summed E-state index contributed by atoms with van der Waals surface area (Å²) in [5, 5.41) is 15.0. The van der Waals surface area contributed by atoms with Crippen LogP contribution in [0.2, 0.25) is 0 Å². The van der Waals surface area contributed by atoms with Gasteiger partial charge in [-0.3, -0.25) is 14.4 Å². The quantitative estimate of drug-likeness (QED) is 0.405. The summed E-state index contributed by atoms with van der Waals surface area (Å²) in [7, 11) is 0. The van der Waals surface area contributed by atoms with Gasteiger partial charge in [0.15, 0.2) is 4.34 Å². The number of carboxylic acid groups (broad SMARTS) is 1. The highest BCUT2D eigenvalue weighted by atomic mass is 32.2. The van der Waals surface area contributed by atoms with Gasteiger partial charge in [-0.25, -0.2) is 9.37 Å². The number of amides is 2. The normalized spacial score (nSPS) is 18.1. The van der Waals surface area contributed by atoms with Crippen molar-refractivity contribution >= 4 is 62.5 Å². The molecule has 0 aliphatic heterocycles. The molecule has 1 heterocycles. The number of fused-ring (bicyclic) bond motifs is 1. The molecule has 1 aromatic heterocycles. The molecule has 0 bridgehead atoms. The second kappa shape index (κ2) is 10.3. The molecule has 7 nitrogen and oxygen atoms in total. The van der Waals surface area contributed by atoms with Crippen molar-refractivity contribution in [1.29, 1.82) is 0 Å². The van der Waals surface area contributed by atoms with Crippen LogP contribution in [0.3, 0.4) is 0 Å². The van der Waals surface area contributed by atoms with Crippen molar-refractivity contribution in [3.05, 3.63) is 48.3 Å². The molecular formula is C23H22FN3O4S2. The Hall–Kier alpha value is -2.98. The molecule has 2 atom stereocenters. The minimum atomic E-state index is -0.919. The van der Waals surface area contributed by atoms with E-state index >= 15 is 0 Å². The minimum absolute atomic E-state index is 0.152. The number of halogens is 1. The summed E-state index contributed by atoms with van der Waals surface area (Å²) in [6.45, 7) is 0. The van der Waals surface area contributed by atoms with Crippen LogP contribution in [0.5, 0.6) is 0 Å². The largest absolute Gasteiger partial charge is 0.481 e. The molecule has 172 valence electrons. The van der Waals surface area contributed by atoms with E-state index in [2.05, 4.69) is 15.6 Å². The number of nitrogens with zero attached hydrogens (tertiary/aromatic N) is 1. The lowest BCUT2D eigenvalue weighted by Gasteiger charge is -2.27. The second-order valence-electron chi connectivity index (χ2n) is 7.83. The van der Waals surface area contributed by atoms with Crippen molar-refractivity contribution in [2.24, 2.45) is 11.8 Å². The van der Waals surface area contributed by atoms with Gasteiger partial charge < -0.3 is 15.7 Å². The molecule has 1 aliphatic rings. The zero-order chi connectivity index (χ0) is 23.4. The SMILES string of the molecule is O=C(CSc1nc2ccc(NC(=O)[C@@H]3CCCC[C@@H]3C(=O)O)cc2s1)Nc1ccc(F)cc1. The van der Waals surface area contributed by atoms with E-state index in [1.54, 1.807) is 12.1 Å². The monoisotopic (exact) mass is 487 g/mol. The van der Waals surface area contributed by atoms with Crippen molar-refractivity contribution < 1.29 is 23.9 Å². The lowest BCUT2D eigenvalue weighted by atomic mass is 9.78. The molecule has 0 saturated heterocycles. The lowest BCUT2D eigenvalue weighted by molar-refractivity contribution is -0.147. The third kappa shape index (κ3) is 5.88. The number of carbonyl (C=O) groups is 3. The molecule has 0 spiro atoms. The third-order valence-corrected chi connectivity index (χ3v) is 7.67. The van der Waals surface area contributed by atoms with Gasteiger partial charge in [0, 0.05) is 11.4 Å². The molecule has 10 heteroatoms. The van der Waals surface area contributed by atoms with Crippen molar-refractivity contribution in [2.75, 3.05) is 16.4 Å². The van der Waals surface area contributed by atoms with Gasteiger partial charge >= 0.3 is 5.97 Å². The smallest absolute Gasteiger partial charge is 0.307 e. The fourth-order valence-corrected chi connectivity index (χ4v) is 5.78. The Morgan fingerprint density at radius 1 is 1.03 bits per heavy atom. The first kappa shape index (κ1) is 23.2. The average molecular weight is 488 g/mol. The molecule has 4 rings (SSSR count). The van der Waals surface area contributed by atoms with Gasteiger partial charge in [-0.15, -0.1) is 11.3 Å². The minimum Gasteiger partial charge on any atom is -0.481 e. The van der Waals surface area contributed by atoms with E-state index in [9.17, 15) is 23.9 Å². The van der Waals surface area contributed by atoms with Crippen LogP contribution < -0.4 is 10.6 Å². The maximum absolute atomic E-state index is 13.0. The number of aliphatic carboxylic acids is 1. The number of hydrogen-bond donors (Lipinski definition) is 3. The van der Waals surface area contributed by atoms with Gasteiger partial charge in [-0.1, -0.05) is 24.6 Å². The molecule has 1 saturated carbocycles. The Morgan fingerprint density at radius 2 is 1.73 bits per heavy atom. The fraction of sp³-hybridized carbons (Fsp3) is 0.304. The molecule has 2 amide bonds. The first-order valence-corrected chi connectivity index (χ1v) is 12.3. The van der Waals surface area contributed by atoms with Gasteiger partial charge in [0.05, 0.1) is 27.8 Å². The Bertz CT molecular complexity index is 1180. The predicted octanol–water partition coefficient (Wildman–Crippen LogP) is 5.00. The van der Waals surface area contributed by atoms with Crippen LogP contribution in [-0.4, -0.2) is 33.6 Å². The summed E-state index contributed by atoms with van der Waals surface area (Å²) in [4.78, 5) is 40.9. The number of thiazole rings is 1. The Labute approximate surface area is 197 Å². The second-order valence-corrected chi connectivity index (χ2v) is 10.1. The number of benzene rings is 2. The highest BCUT2D eigenvalue weighted by Crippen LogP contribution is 2.33. The van der Waals surface area contributed by atoms with Crippen molar-refractivity contribution in [3.63, 3.8) is 0 Å². The summed E-state index contributed by atoms with van der Waals surface area (Å²) in [6.07, 6.45) is 2.78. The van der Waals surface area contributed by atoms with Gasteiger partial charge in [0.1, 0.15) is 5.82 Å². The predicted molar refractivity (Wildman–Crippen MR) is 127 cm³/mol. The molecule has 1 aliphatic carbocycles. The third-order valence-electron chi connectivity index (χ3n) is 5.51. The topological polar surface area (TPSA) is 108 Å². The van der Waals surface area contributed by atoms with E-state index in [1.165, 1.54) is 47.4 Å². The van der Waals surface area contributed by atoms with Crippen molar-refractivity contribution in [3.8, 4) is 0 Å². The van der Waals surface area contributed by atoms with E-state index in [4.69, 9.17) is 0 Å². The number of anilines is 2. The first-order valence-electron chi connectivity index (χ1n) is 10.5. The molecule has 33 heavy (non-hydrogen) atoms. The zero-order valence-corrected chi connectivity index (χ0v) is 19.2. The summed E-state index contributed by atoms with van der Waals surface area (Å²) in [5.41, 5.74) is 1.87. The van der Waals surface area contributed by atoms with Crippen LogP contribution >= 0.6 is 23.1 Å². The Morgan fingerprint density at radius 3 is 2.45 bits per heavy atom. The first-order chi connectivity index (χ1) is 15.9. The van der Waals surface area contributed by atoms with Gasteiger partial charge in [0.2, 0.25) is 11.8 Å². The number of carboxylic acids is 1. The van der Waals surface area contributed by atoms with Crippen LogP contribution in [0, 0.1) is 17.7 Å². The van der Waals surface area contributed by atoms with Crippen LogP contribution in [0.25, 0.3) is 10.2 Å². The lowest BCUT2D eigenvalue weighted by Crippen LogP contribution is -2.36. The van der Waals surface area contributed by atoms with E-state index < -0.39 is 17.8 Å². The number of thioether (sulfide) groups is 1. The number of carbonyl (C=O) groups excluding carboxylic acids is 2. The maximum Gasteiger partial charge on any atom is 0.307 e. The zero-order valence-electron chi connectivity index (χ0n) is 17.5. The van der Waals surface area contributed by atoms with E-state index in [1.807, 2.05) is 6.07 Å². The van der Waals surface area contributed by atoms with Crippen LogP contribution in [0.15, 0.2) is 46.8 Å². The highest BCUT2D eigenvalue weighted by Gasteiger charge is 2.35. The maximum atomic E-state index is 13.0. The average Bonchev–Trinajstić information content (AvgIpc) is 3.21. The van der Waals surface area contributed by atoms with Gasteiger partial charge in [-0.2, -0.15) is 0 Å². The molecule has 1 fully saturated rings. The summed E-state index contributed by atoms with van der Waals surface area (Å²) >= 11 is 2.70. The fourth-order valence-electron chi connectivity index (χ4n) is 3.88. The molecule has 0 unspecified atom stereocenters. The van der Waals surface area contributed by atoms with Gasteiger partial charge in [-0.05, 0) is 55.3 Å². The molecule has 2 aromatic carbocycles. The van der Waals surface area contributed by atoms with E-state index in [-0.39, 0.29) is 23.4 Å². The Kier molecular flexibility index (Phi) is 7.24. The summed E-state index contributed by atoms with van der Waals surface area (Å²) in [6, 6.07) is 10.9. The van der Waals surface area contributed by atoms with Crippen LogP contribution in [0.4, 0.5) is 15.8 Å². The number of hydrogen-bond acceptors (Lipinski definition) is 6. The summed E-state index contributed by atoms with van der Waals surface area (Å²) < 4.78 is 14.5. The molecule has 3 N–H and O–H groups in total. The number of aromatic nitrogens is 1. The van der Waals surface area contributed by atoms with Crippen molar-refractivity contribution in [2.45, 2.75) is 30.0 Å². The Balaban J connectivity index is 1.36. The highest BCUT2D eigenvalue weighted by molar-refractivity contribution is 8.01. The number of nitrogens with one attached hydrogen (secondary N) is 2. The van der Waals surface area contributed by atoms with E-state index in [0.29, 0.717) is 28.6 Å². The van der Waals surface area contributed by atoms with E-state index in [0.717, 1.165) is 23.1 Å². The van der Waals surface area contributed by atoms with Crippen molar-refractivity contribution in [1.82, 2.24) is 4.98 Å². The van der Waals surface area contributed by atoms with Crippen LogP contribution in [-0.2, 0) is 14.4 Å². The molecular weight excluding hydrogens is 465 g/mol. The summed E-state index contributed by atoms with van der Waals surface area (Å²) in [5.74, 6) is -2.80. The molecule has 3 aromatic rings. The molecule has 0 radical (unpaired) electrons. The standard InChI is InChI=1S/C23H22FN3O4S2/c24-13-5-7-14(8-6-13)25-20(28)12-32-23-27-18-10-9-15(11-19(18)33-23)26-21(29)16-3-1-2-4-17(16)22(30)31/h5-11,16-17H,1-4,12H2,(H,25,28)(H,26,29)(H,30,31)/t16-,17+/m1/s1. The number of rotatable bonds is 7. The van der Waals surface area contributed by atoms with Gasteiger partial charge in [0.25, 0.3) is 0 Å². The van der Waals surface area contributed by atoms with Crippen LogP contribution in [0.1, 0.15) is 25.7 Å².